The molecule has 3 atom stereocenters. The lowest BCUT2D eigenvalue weighted by Crippen LogP contribution is -2.57. The van der Waals surface area contributed by atoms with E-state index in [0.29, 0.717) is 10.6 Å². The Labute approximate surface area is 156 Å². The summed E-state index contributed by atoms with van der Waals surface area (Å²) in [6.45, 7) is 7.27. The molecule has 0 bridgehead atoms. The second kappa shape index (κ2) is 13.4. The van der Waals surface area contributed by atoms with E-state index in [1.54, 1.807) is 0 Å². The third kappa shape index (κ3) is 7.96. The molecule has 3 heteroatoms. The number of allylic oxidation sites excluding steroid dienone is 2. The molecule has 0 amide bonds. The number of hydrogen-bond acceptors (Lipinski definition) is 2. The molecule has 3 nitrogen and oxygen atoms in total. The quantitative estimate of drug-likeness (QED) is 0.221. The average molecular weight is 352 g/mol. The third-order valence-electron chi connectivity index (χ3n) is 5.70. The number of aliphatic hydroxyl groups excluding tert-OH is 1. The molecule has 1 aliphatic heterocycles. The van der Waals surface area contributed by atoms with Crippen molar-refractivity contribution < 1.29 is 9.59 Å². The van der Waals surface area contributed by atoms with Gasteiger partial charge in [-0.2, -0.15) is 0 Å². The maximum Gasteiger partial charge on any atom is 0.193 e. The van der Waals surface area contributed by atoms with E-state index in [2.05, 4.69) is 37.5 Å². The Morgan fingerprint density at radius 2 is 1.56 bits per heavy atom. The zero-order valence-electron chi connectivity index (χ0n) is 17.1. The van der Waals surface area contributed by atoms with Gasteiger partial charge in [0.2, 0.25) is 0 Å². The highest BCUT2D eigenvalue weighted by Crippen LogP contribution is 2.25. The van der Waals surface area contributed by atoms with Crippen molar-refractivity contribution in [3.63, 3.8) is 0 Å². The van der Waals surface area contributed by atoms with Crippen LogP contribution in [0.1, 0.15) is 97.8 Å². The van der Waals surface area contributed by atoms with Gasteiger partial charge in [-0.1, -0.05) is 57.6 Å². The summed E-state index contributed by atoms with van der Waals surface area (Å²) in [7, 11) is 0. The molecule has 0 spiro atoms. The first-order valence-corrected chi connectivity index (χ1v) is 10.8. The van der Waals surface area contributed by atoms with Crippen LogP contribution in [0.2, 0.25) is 0 Å². The SMILES string of the molecule is CCCCCCCCC/C=C/CCCCC1NC=C[N+]1(CC)C(C)O. The lowest BCUT2D eigenvalue weighted by molar-refractivity contribution is -0.942. The van der Waals surface area contributed by atoms with Crippen LogP contribution in [0, 0.1) is 0 Å². The van der Waals surface area contributed by atoms with Crippen molar-refractivity contribution in [2.24, 2.45) is 0 Å². The van der Waals surface area contributed by atoms with Gasteiger partial charge in [0, 0.05) is 13.3 Å². The minimum Gasteiger partial charge on any atom is -0.345 e. The van der Waals surface area contributed by atoms with E-state index in [9.17, 15) is 5.11 Å². The number of hydrogen-bond donors (Lipinski definition) is 2. The summed E-state index contributed by atoms with van der Waals surface area (Å²) in [5.74, 6) is 0. The first-order chi connectivity index (χ1) is 12.2. The van der Waals surface area contributed by atoms with Crippen LogP contribution in [0.25, 0.3) is 0 Å². The third-order valence-corrected chi connectivity index (χ3v) is 5.70. The standard InChI is InChI=1S/C22H43N2O/c1-4-6-7-8-9-10-11-12-13-14-15-16-17-18-22-23-19-20-24(22,5-2)21(3)25/h13-14,19-23,25H,4-12,15-18H2,1-3H3/q+1/b14-13+. The minimum absolute atomic E-state index is 0.335. The molecule has 0 radical (unpaired) electrons. The number of rotatable bonds is 15. The minimum atomic E-state index is -0.344. The highest BCUT2D eigenvalue weighted by atomic mass is 16.3. The van der Waals surface area contributed by atoms with Gasteiger partial charge >= 0.3 is 0 Å². The van der Waals surface area contributed by atoms with Crippen molar-refractivity contribution in [2.45, 2.75) is 110 Å². The van der Waals surface area contributed by atoms with Crippen molar-refractivity contribution >= 4 is 0 Å². The van der Waals surface area contributed by atoms with Gasteiger partial charge < -0.3 is 10.4 Å². The molecule has 0 aliphatic carbocycles. The van der Waals surface area contributed by atoms with E-state index < -0.39 is 0 Å². The Hall–Kier alpha value is -0.800. The fraction of sp³-hybridized carbons (Fsp3) is 0.818. The molecule has 0 aromatic heterocycles. The zero-order chi connectivity index (χ0) is 18.4. The average Bonchev–Trinajstić information content (AvgIpc) is 3.03. The molecule has 1 rings (SSSR count). The molecule has 25 heavy (non-hydrogen) atoms. The maximum absolute atomic E-state index is 10.1. The van der Waals surface area contributed by atoms with E-state index in [0.717, 1.165) is 13.0 Å². The Kier molecular flexibility index (Phi) is 11.9. The van der Waals surface area contributed by atoms with E-state index in [-0.39, 0.29) is 6.23 Å². The van der Waals surface area contributed by atoms with Crippen LogP contribution in [-0.4, -0.2) is 28.5 Å². The van der Waals surface area contributed by atoms with E-state index in [1.807, 2.05) is 13.1 Å². The Morgan fingerprint density at radius 3 is 2.16 bits per heavy atom. The van der Waals surface area contributed by atoms with Crippen LogP contribution in [0.4, 0.5) is 0 Å². The summed E-state index contributed by atoms with van der Waals surface area (Å²) in [5, 5.41) is 13.6. The Morgan fingerprint density at radius 1 is 0.960 bits per heavy atom. The van der Waals surface area contributed by atoms with Gasteiger partial charge in [0.15, 0.2) is 12.4 Å². The van der Waals surface area contributed by atoms with Gasteiger partial charge in [-0.3, -0.25) is 4.48 Å². The van der Waals surface area contributed by atoms with Crippen LogP contribution in [0.5, 0.6) is 0 Å². The molecule has 0 fully saturated rings. The van der Waals surface area contributed by atoms with Crippen LogP contribution in [-0.2, 0) is 0 Å². The van der Waals surface area contributed by atoms with Crippen LogP contribution in [0.15, 0.2) is 24.6 Å². The maximum atomic E-state index is 10.1. The van der Waals surface area contributed by atoms with Crippen molar-refractivity contribution in [2.75, 3.05) is 6.54 Å². The van der Waals surface area contributed by atoms with Crippen LogP contribution in [0.3, 0.4) is 0 Å². The fourth-order valence-electron chi connectivity index (χ4n) is 3.89. The number of aliphatic hydroxyl groups is 1. The molecule has 1 heterocycles. The molecule has 0 aromatic carbocycles. The largest absolute Gasteiger partial charge is 0.345 e. The fourth-order valence-corrected chi connectivity index (χ4v) is 3.89. The van der Waals surface area contributed by atoms with E-state index in [4.69, 9.17) is 0 Å². The molecular weight excluding hydrogens is 308 g/mol. The predicted molar refractivity (Wildman–Crippen MR) is 109 cm³/mol. The lowest BCUT2D eigenvalue weighted by Gasteiger charge is -2.39. The van der Waals surface area contributed by atoms with Crippen LogP contribution < -0.4 is 5.32 Å². The normalized spacial score (nSPS) is 24.1. The van der Waals surface area contributed by atoms with Crippen molar-refractivity contribution in [3.05, 3.63) is 24.6 Å². The molecule has 3 unspecified atom stereocenters. The molecule has 0 aromatic rings. The van der Waals surface area contributed by atoms with E-state index >= 15 is 0 Å². The number of unbranched alkanes of at least 4 members (excludes halogenated alkanes) is 9. The van der Waals surface area contributed by atoms with Gasteiger partial charge in [-0.25, -0.2) is 0 Å². The van der Waals surface area contributed by atoms with Crippen molar-refractivity contribution in [1.82, 2.24) is 5.32 Å². The summed E-state index contributed by atoms with van der Waals surface area (Å²) >= 11 is 0. The zero-order valence-corrected chi connectivity index (χ0v) is 17.1. The predicted octanol–water partition coefficient (Wildman–Crippen LogP) is 5.82. The van der Waals surface area contributed by atoms with Crippen molar-refractivity contribution in [3.8, 4) is 0 Å². The second-order valence-electron chi connectivity index (χ2n) is 7.61. The number of nitrogens with one attached hydrogen (secondary N) is 1. The second-order valence-corrected chi connectivity index (χ2v) is 7.61. The Bertz CT molecular complexity index is 378. The van der Waals surface area contributed by atoms with Gasteiger partial charge in [0.25, 0.3) is 0 Å². The summed E-state index contributed by atoms with van der Waals surface area (Å²) in [5.41, 5.74) is 0. The van der Waals surface area contributed by atoms with Crippen molar-refractivity contribution in [1.29, 1.82) is 0 Å². The molecule has 2 N–H and O–H groups in total. The molecule has 0 saturated heterocycles. The molecule has 146 valence electrons. The first kappa shape index (κ1) is 22.2. The highest BCUT2D eigenvalue weighted by molar-refractivity contribution is 4.85. The van der Waals surface area contributed by atoms with Gasteiger partial charge in [0.05, 0.1) is 12.7 Å². The number of nitrogens with zero attached hydrogens (tertiary/aromatic N) is 1. The highest BCUT2D eigenvalue weighted by Gasteiger charge is 2.40. The molecule has 1 aliphatic rings. The number of quaternary nitrogens is 1. The topological polar surface area (TPSA) is 32.3 Å². The summed E-state index contributed by atoms with van der Waals surface area (Å²) in [6.07, 6.45) is 24.7. The lowest BCUT2D eigenvalue weighted by atomic mass is 10.1. The Balaban J connectivity index is 2.01. The molecule has 0 saturated carbocycles. The van der Waals surface area contributed by atoms with E-state index in [1.165, 1.54) is 70.6 Å². The summed E-state index contributed by atoms with van der Waals surface area (Å²) in [6, 6.07) is 0. The van der Waals surface area contributed by atoms with Crippen LogP contribution >= 0.6 is 0 Å². The van der Waals surface area contributed by atoms with Gasteiger partial charge in [-0.05, 0) is 39.0 Å². The first-order valence-electron chi connectivity index (χ1n) is 10.8. The summed E-state index contributed by atoms with van der Waals surface area (Å²) < 4.78 is 0.661. The molecular formula is C22H43N2O+. The van der Waals surface area contributed by atoms with Gasteiger partial charge in [-0.15, -0.1) is 0 Å². The monoisotopic (exact) mass is 351 g/mol. The van der Waals surface area contributed by atoms with Gasteiger partial charge in [0.1, 0.15) is 6.20 Å². The smallest absolute Gasteiger partial charge is 0.193 e. The summed E-state index contributed by atoms with van der Waals surface area (Å²) in [4.78, 5) is 0.